The number of carbonyl (C=O) groups excluding carboxylic acids is 1. The van der Waals surface area contributed by atoms with Crippen LogP contribution in [-0.2, 0) is 17.0 Å². The third-order valence-electron chi connectivity index (χ3n) is 6.16. The van der Waals surface area contributed by atoms with Gasteiger partial charge in [0.05, 0.1) is 18.2 Å². The van der Waals surface area contributed by atoms with E-state index in [0.29, 0.717) is 39.3 Å². The molecule has 2 N–H and O–H groups in total. The predicted octanol–water partition coefficient (Wildman–Crippen LogP) is 4.88. The summed E-state index contributed by atoms with van der Waals surface area (Å²) in [4.78, 5) is 23.8. The lowest BCUT2D eigenvalue weighted by atomic mass is 9.85. The number of hydrogen-bond acceptors (Lipinski definition) is 7. The number of nitro groups is 1. The van der Waals surface area contributed by atoms with Gasteiger partial charge >= 0.3 is 0 Å². The zero-order chi connectivity index (χ0) is 27.8. The maximum atomic E-state index is 13.2. The lowest BCUT2D eigenvalue weighted by Crippen LogP contribution is -2.43. The van der Waals surface area contributed by atoms with Crippen LogP contribution in [0.2, 0.25) is 0 Å². The van der Waals surface area contributed by atoms with E-state index in [1.54, 1.807) is 97.9 Å². The number of amides is 1. The molecule has 4 aromatic carbocycles. The second kappa shape index (κ2) is 12.0. The van der Waals surface area contributed by atoms with Gasteiger partial charge in [-0.3, -0.25) is 14.9 Å². The maximum Gasteiger partial charge on any atom is 0.281 e. The van der Waals surface area contributed by atoms with Crippen LogP contribution in [0.25, 0.3) is 0 Å². The number of hydrazone groups is 1. The van der Waals surface area contributed by atoms with Crippen molar-refractivity contribution in [3.05, 3.63) is 135 Å². The summed E-state index contributed by atoms with van der Waals surface area (Å²) in [6.07, 6.45) is 1.45. The summed E-state index contributed by atoms with van der Waals surface area (Å²) in [6.45, 7) is 1.78. The molecule has 0 aliphatic rings. The molecule has 0 bridgehead atoms. The molecule has 0 aliphatic heterocycles. The summed E-state index contributed by atoms with van der Waals surface area (Å²) in [5, 5.41) is 26.7. The highest BCUT2D eigenvalue weighted by Crippen LogP contribution is 2.30. The smallest absolute Gasteiger partial charge is 0.281 e. The molecular weight excluding hydrogens is 498 g/mol. The van der Waals surface area contributed by atoms with Crippen molar-refractivity contribution >= 4 is 17.8 Å². The van der Waals surface area contributed by atoms with Crippen molar-refractivity contribution in [3.8, 4) is 11.5 Å². The molecular formula is C30H27N3O6. The number of aryl methyl sites for hydroxylation is 1. The quantitative estimate of drug-likeness (QED) is 0.173. The molecule has 0 aliphatic carbocycles. The number of hydrogen-bond donors (Lipinski definition) is 2. The number of carbonyl (C=O) groups is 1. The molecule has 9 heteroatoms. The molecule has 0 fully saturated rings. The number of methoxy groups -OCH3 is 1. The van der Waals surface area contributed by atoms with Gasteiger partial charge in [0, 0.05) is 17.2 Å². The Bertz CT molecular complexity index is 1450. The highest BCUT2D eigenvalue weighted by Gasteiger charge is 2.39. The first-order chi connectivity index (χ1) is 18.8. The SMILES string of the molecule is COc1ccc(/C=N\NC(=O)C(O)(c2ccccc2)c2ccccc2)cc1COc1ccc([N+](=O)[O-])c(C)c1. The van der Waals surface area contributed by atoms with Gasteiger partial charge in [-0.25, -0.2) is 5.43 Å². The largest absolute Gasteiger partial charge is 0.496 e. The molecule has 39 heavy (non-hydrogen) atoms. The standard InChI is InChI=1S/C30H27N3O6/c1-21-17-26(14-15-27(21)33(36)37)39-20-23-18-22(13-16-28(23)38-2)19-31-32-29(34)30(35,24-9-5-3-6-10-24)25-11-7-4-8-12-25/h3-19,35H,20H2,1-2H3,(H,32,34)/b31-19-. The van der Waals surface area contributed by atoms with E-state index in [1.807, 2.05) is 0 Å². The molecule has 1 amide bonds. The molecule has 4 rings (SSSR count). The second-order valence-electron chi connectivity index (χ2n) is 8.71. The number of nitro benzene ring substituents is 1. The van der Waals surface area contributed by atoms with Gasteiger partial charge in [0.2, 0.25) is 0 Å². The van der Waals surface area contributed by atoms with Crippen LogP contribution < -0.4 is 14.9 Å². The summed E-state index contributed by atoms with van der Waals surface area (Å²) in [5.41, 5.74) is 3.20. The average Bonchev–Trinajstić information content (AvgIpc) is 2.96. The molecule has 4 aromatic rings. The minimum Gasteiger partial charge on any atom is -0.496 e. The first-order valence-electron chi connectivity index (χ1n) is 12.0. The van der Waals surface area contributed by atoms with E-state index in [2.05, 4.69) is 10.5 Å². The van der Waals surface area contributed by atoms with Crippen molar-refractivity contribution in [2.45, 2.75) is 19.1 Å². The van der Waals surface area contributed by atoms with Crippen LogP contribution in [-0.4, -0.2) is 29.3 Å². The molecule has 0 heterocycles. The Balaban J connectivity index is 1.50. The fourth-order valence-corrected chi connectivity index (χ4v) is 4.11. The van der Waals surface area contributed by atoms with Crippen LogP contribution in [0.4, 0.5) is 5.69 Å². The van der Waals surface area contributed by atoms with Gasteiger partial charge in [-0.1, -0.05) is 60.7 Å². The van der Waals surface area contributed by atoms with Crippen LogP contribution in [0, 0.1) is 17.0 Å². The van der Waals surface area contributed by atoms with E-state index < -0.39 is 16.4 Å². The molecule has 0 saturated heterocycles. The van der Waals surface area contributed by atoms with E-state index in [9.17, 15) is 20.0 Å². The van der Waals surface area contributed by atoms with E-state index in [4.69, 9.17) is 9.47 Å². The van der Waals surface area contributed by atoms with Crippen LogP contribution in [0.5, 0.6) is 11.5 Å². The van der Waals surface area contributed by atoms with Crippen LogP contribution >= 0.6 is 0 Å². The molecule has 0 saturated carbocycles. The van der Waals surface area contributed by atoms with Gasteiger partial charge in [-0.2, -0.15) is 5.10 Å². The lowest BCUT2D eigenvalue weighted by molar-refractivity contribution is -0.385. The fraction of sp³-hybridized carbons (Fsp3) is 0.133. The summed E-state index contributed by atoms with van der Waals surface area (Å²) < 4.78 is 11.3. The molecule has 0 radical (unpaired) electrons. The maximum absolute atomic E-state index is 13.2. The minimum absolute atomic E-state index is 0.0200. The van der Waals surface area contributed by atoms with Gasteiger partial charge in [-0.05, 0) is 53.9 Å². The Hall–Kier alpha value is -5.02. The van der Waals surface area contributed by atoms with Crippen LogP contribution in [0.1, 0.15) is 27.8 Å². The van der Waals surface area contributed by atoms with Crippen LogP contribution in [0.3, 0.4) is 0 Å². The van der Waals surface area contributed by atoms with Gasteiger partial charge in [0.15, 0.2) is 5.60 Å². The summed E-state index contributed by atoms with van der Waals surface area (Å²) >= 11 is 0. The van der Waals surface area contributed by atoms with Crippen molar-refractivity contribution in [2.75, 3.05) is 7.11 Å². The highest BCUT2D eigenvalue weighted by atomic mass is 16.6. The molecule has 0 aromatic heterocycles. The number of rotatable bonds is 10. The Labute approximate surface area is 225 Å². The van der Waals surface area contributed by atoms with Crippen LogP contribution in [0.15, 0.2) is 102 Å². The van der Waals surface area contributed by atoms with E-state index in [-0.39, 0.29) is 12.3 Å². The minimum atomic E-state index is -1.94. The molecule has 0 unspecified atom stereocenters. The third kappa shape index (κ3) is 6.11. The summed E-state index contributed by atoms with van der Waals surface area (Å²) in [5.74, 6) is 0.353. The number of nitrogens with one attached hydrogen (secondary N) is 1. The number of ether oxygens (including phenoxy) is 2. The van der Waals surface area contributed by atoms with Gasteiger partial charge < -0.3 is 14.6 Å². The summed E-state index contributed by atoms with van der Waals surface area (Å²) in [6, 6.07) is 27.2. The van der Waals surface area contributed by atoms with Gasteiger partial charge in [0.25, 0.3) is 11.6 Å². The molecule has 198 valence electrons. The van der Waals surface area contributed by atoms with Gasteiger partial charge in [0.1, 0.15) is 18.1 Å². The molecule has 9 nitrogen and oxygen atoms in total. The Morgan fingerprint density at radius 2 is 1.64 bits per heavy atom. The average molecular weight is 526 g/mol. The predicted molar refractivity (Wildman–Crippen MR) is 147 cm³/mol. The number of nitrogens with zero attached hydrogens (tertiary/aromatic N) is 2. The van der Waals surface area contributed by atoms with Gasteiger partial charge in [-0.15, -0.1) is 0 Å². The fourth-order valence-electron chi connectivity index (χ4n) is 4.11. The Kier molecular flexibility index (Phi) is 8.33. The van der Waals surface area contributed by atoms with E-state index in [1.165, 1.54) is 19.4 Å². The van der Waals surface area contributed by atoms with Crippen molar-refractivity contribution < 1.29 is 24.3 Å². The highest BCUT2D eigenvalue weighted by molar-refractivity contribution is 5.91. The van der Waals surface area contributed by atoms with Crippen molar-refractivity contribution in [2.24, 2.45) is 5.10 Å². The Morgan fingerprint density at radius 3 is 2.21 bits per heavy atom. The number of aliphatic hydroxyl groups is 1. The normalized spacial score (nSPS) is 11.3. The Morgan fingerprint density at radius 1 is 1.00 bits per heavy atom. The monoisotopic (exact) mass is 525 g/mol. The lowest BCUT2D eigenvalue weighted by Gasteiger charge is -2.27. The zero-order valence-corrected chi connectivity index (χ0v) is 21.4. The van der Waals surface area contributed by atoms with Crippen molar-refractivity contribution in [1.82, 2.24) is 5.43 Å². The van der Waals surface area contributed by atoms with Crippen molar-refractivity contribution in [1.29, 1.82) is 0 Å². The first kappa shape index (κ1) is 27.0. The van der Waals surface area contributed by atoms with E-state index in [0.717, 1.165) is 0 Å². The van der Waals surface area contributed by atoms with E-state index >= 15 is 0 Å². The number of benzene rings is 4. The first-order valence-corrected chi connectivity index (χ1v) is 12.0. The second-order valence-corrected chi connectivity index (χ2v) is 8.71. The zero-order valence-electron chi connectivity index (χ0n) is 21.4. The topological polar surface area (TPSA) is 123 Å². The summed E-state index contributed by atoms with van der Waals surface area (Å²) in [7, 11) is 1.54. The van der Waals surface area contributed by atoms with Crippen molar-refractivity contribution in [3.63, 3.8) is 0 Å². The molecule has 0 spiro atoms. The molecule has 0 atom stereocenters. The third-order valence-corrected chi connectivity index (χ3v) is 6.16.